The van der Waals surface area contributed by atoms with Crippen LogP contribution in [0.15, 0.2) is 48.5 Å². The third-order valence-electron chi connectivity index (χ3n) is 2.89. The van der Waals surface area contributed by atoms with Gasteiger partial charge in [-0.25, -0.2) is 0 Å². The molecule has 0 fully saturated rings. The molecule has 0 aromatic heterocycles. The van der Waals surface area contributed by atoms with Gasteiger partial charge in [0.2, 0.25) is 5.91 Å². The van der Waals surface area contributed by atoms with Crippen LogP contribution in [-0.4, -0.2) is 5.91 Å². The lowest BCUT2D eigenvalue weighted by Crippen LogP contribution is -2.15. The SMILES string of the molecule is NC(=O)Cc1ccc(C(F)(F)F)cc1-c1ccccc1. The molecule has 20 heavy (non-hydrogen) atoms. The first-order chi connectivity index (χ1) is 9.38. The van der Waals surface area contributed by atoms with Crippen molar-refractivity contribution in [3.63, 3.8) is 0 Å². The molecule has 2 nitrogen and oxygen atoms in total. The summed E-state index contributed by atoms with van der Waals surface area (Å²) in [6.07, 6.45) is -4.52. The number of alkyl halides is 3. The van der Waals surface area contributed by atoms with Crippen LogP contribution in [0.3, 0.4) is 0 Å². The van der Waals surface area contributed by atoms with Gasteiger partial charge in [-0.1, -0.05) is 36.4 Å². The first-order valence-electron chi connectivity index (χ1n) is 5.92. The van der Waals surface area contributed by atoms with Crippen LogP contribution >= 0.6 is 0 Å². The maximum Gasteiger partial charge on any atom is 0.416 e. The highest BCUT2D eigenvalue weighted by Gasteiger charge is 2.31. The number of carbonyl (C=O) groups is 1. The summed E-state index contributed by atoms with van der Waals surface area (Å²) in [4.78, 5) is 11.0. The molecule has 2 aromatic carbocycles. The van der Waals surface area contributed by atoms with Crippen molar-refractivity contribution in [1.82, 2.24) is 0 Å². The molecule has 0 spiro atoms. The maximum absolute atomic E-state index is 12.8. The second kappa shape index (κ2) is 5.36. The fraction of sp³-hybridized carbons (Fsp3) is 0.133. The van der Waals surface area contributed by atoms with Crippen LogP contribution in [0.2, 0.25) is 0 Å². The average molecular weight is 279 g/mol. The number of carbonyl (C=O) groups excluding carboxylic acids is 1. The minimum Gasteiger partial charge on any atom is -0.369 e. The van der Waals surface area contributed by atoms with Crippen molar-refractivity contribution in [3.8, 4) is 11.1 Å². The lowest BCUT2D eigenvalue weighted by atomic mass is 9.95. The van der Waals surface area contributed by atoms with E-state index < -0.39 is 17.6 Å². The highest BCUT2D eigenvalue weighted by Crippen LogP contribution is 2.34. The molecule has 2 N–H and O–H groups in total. The van der Waals surface area contributed by atoms with Crippen molar-refractivity contribution >= 4 is 5.91 Å². The molecule has 0 unspecified atom stereocenters. The van der Waals surface area contributed by atoms with Gasteiger partial charge in [-0.05, 0) is 28.8 Å². The van der Waals surface area contributed by atoms with E-state index in [2.05, 4.69) is 0 Å². The third kappa shape index (κ3) is 3.17. The van der Waals surface area contributed by atoms with Crippen LogP contribution in [0.5, 0.6) is 0 Å². The van der Waals surface area contributed by atoms with E-state index >= 15 is 0 Å². The van der Waals surface area contributed by atoms with Gasteiger partial charge in [-0.15, -0.1) is 0 Å². The molecule has 0 atom stereocenters. The van der Waals surface area contributed by atoms with E-state index in [9.17, 15) is 18.0 Å². The van der Waals surface area contributed by atoms with Crippen molar-refractivity contribution in [2.75, 3.05) is 0 Å². The largest absolute Gasteiger partial charge is 0.416 e. The van der Waals surface area contributed by atoms with Crippen molar-refractivity contribution in [1.29, 1.82) is 0 Å². The van der Waals surface area contributed by atoms with Crippen LogP contribution in [0.25, 0.3) is 11.1 Å². The summed E-state index contributed by atoms with van der Waals surface area (Å²) >= 11 is 0. The zero-order chi connectivity index (χ0) is 14.8. The molecule has 0 bridgehead atoms. The standard InChI is InChI=1S/C15H12F3NO/c16-15(17,18)12-7-6-11(8-14(19)20)13(9-12)10-4-2-1-3-5-10/h1-7,9H,8H2,(H2,19,20). The molecule has 0 radical (unpaired) electrons. The summed E-state index contributed by atoms with van der Waals surface area (Å²) in [6.45, 7) is 0. The minimum atomic E-state index is -4.42. The van der Waals surface area contributed by atoms with E-state index in [0.717, 1.165) is 12.1 Å². The number of halogens is 3. The van der Waals surface area contributed by atoms with Gasteiger partial charge < -0.3 is 5.73 Å². The Morgan fingerprint density at radius 1 is 1.05 bits per heavy atom. The summed E-state index contributed by atoms with van der Waals surface area (Å²) in [6, 6.07) is 11.9. The molecule has 0 saturated heterocycles. The lowest BCUT2D eigenvalue weighted by Gasteiger charge is -2.13. The molecule has 104 valence electrons. The molecule has 2 rings (SSSR count). The summed E-state index contributed by atoms with van der Waals surface area (Å²) in [7, 11) is 0. The molecule has 0 saturated carbocycles. The fourth-order valence-corrected chi connectivity index (χ4v) is 1.98. The topological polar surface area (TPSA) is 43.1 Å². The molecule has 0 aliphatic rings. The highest BCUT2D eigenvalue weighted by molar-refractivity contribution is 5.80. The van der Waals surface area contributed by atoms with Gasteiger partial charge in [0.25, 0.3) is 0 Å². The highest BCUT2D eigenvalue weighted by atomic mass is 19.4. The third-order valence-corrected chi connectivity index (χ3v) is 2.89. The second-order valence-corrected chi connectivity index (χ2v) is 4.38. The van der Waals surface area contributed by atoms with Crippen LogP contribution in [0.4, 0.5) is 13.2 Å². The molecule has 2 aromatic rings. The second-order valence-electron chi connectivity index (χ2n) is 4.38. The number of hydrogen-bond acceptors (Lipinski definition) is 1. The number of rotatable bonds is 3. The average Bonchev–Trinajstić information content (AvgIpc) is 2.38. The van der Waals surface area contributed by atoms with E-state index in [1.807, 2.05) is 0 Å². The Bertz CT molecular complexity index is 621. The maximum atomic E-state index is 12.8. The Hall–Kier alpha value is -2.30. The van der Waals surface area contributed by atoms with E-state index in [1.54, 1.807) is 30.3 Å². The first kappa shape index (κ1) is 14.1. The summed E-state index contributed by atoms with van der Waals surface area (Å²) in [5.41, 5.74) is 5.87. The zero-order valence-electron chi connectivity index (χ0n) is 10.4. The summed E-state index contributed by atoms with van der Waals surface area (Å²) in [5.74, 6) is -0.582. The molecule has 5 heteroatoms. The van der Waals surface area contributed by atoms with E-state index in [1.165, 1.54) is 6.07 Å². The smallest absolute Gasteiger partial charge is 0.369 e. The first-order valence-corrected chi connectivity index (χ1v) is 5.92. The van der Waals surface area contributed by atoms with E-state index in [-0.39, 0.29) is 6.42 Å². The Morgan fingerprint density at radius 3 is 2.25 bits per heavy atom. The van der Waals surface area contributed by atoms with Crippen molar-refractivity contribution < 1.29 is 18.0 Å². The minimum absolute atomic E-state index is 0.0949. The number of primary amides is 1. The lowest BCUT2D eigenvalue weighted by molar-refractivity contribution is -0.137. The van der Waals surface area contributed by atoms with E-state index in [4.69, 9.17) is 5.73 Å². The van der Waals surface area contributed by atoms with Gasteiger partial charge in [0, 0.05) is 0 Å². The number of benzene rings is 2. The van der Waals surface area contributed by atoms with Crippen LogP contribution in [-0.2, 0) is 17.4 Å². The number of hydrogen-bond donors (Lipinski definition) is 1. The normalized spacial score (nSPS) is 11.3. The molecular weight excluding hydrogens is 267 g/mol. The molecule has 1 amide bonds. The van der Waals surface area contributed by atoms with Crippen molar-refractivity contribution in [3.05, 3.63) is 59.7 Å². The predicted octanol–water partition coefficient (Wildman–Crippen LogP) is 3.40. The van der Waals surface area contributed by atoms with Crippen LogP contribution in [0.1, 0.15) is 11.1 Å². The Labute approximate surface area is 114 Å². The molecule has 0 aliphatic carbocycles. The van der Waals surface area contributed by atoms with Gasteiger partial charge in [0.1, 0.15) is 0 Å². The van der Waals surface area contributed by atoms with Gasteiger partial charge in [0.15, 0.2) is 0 Å². The number of nitrogens with two attached hydrogens (primary N) is 1. The van der Waals surface area contributed by atoms with Gasteiger partial charge in [0.05, 0.1) is 12.0 Å². The van der Waals surface area contributed by atoms with E-state index in [0.29, 0.717) is 16.7 Å². The molecule has 0 heterocycles. The molecular formula is C15H12F3NO. The van der Waals surface area contributed by atoms with Gasteiger partial charge in [-0.2, -0.15) is 13.2 Å². The summed E-state index contributed by atoms with van der Waals surface area (Å²) < 4.78 is 38.4. The fourth-order valence-electron chi connectivity index (χ4n) is 1.98. The monoisotopic (exact) mass is 279 g/mol. The predicted molar refractivity (Wildman–Crippen MR) is 69.8 cm³/mol. The van der Waals surface area contributed by atoms with Crippen LogP contribution in [0, 0.1) is 0 Å². The quantitative estimate of drug-likeness (QED) is 0.919. The van der Waals surface area contributed by atoms with Crippen molar-refractivity contribution in [2.24, 2.45) is 5.73 Å². The summed E-state index contributed by atoms with van der Waals surface area (Å²) in [5, 5.41) is 0. The Balaban J connectivity index is 2.57. The number of amides is 1. The van der Waals surface area contributed by atoms with Gasteiger partial charge in [-0.3, -0.25) is 4.79 Å². The Morgan fingerprint density at radius 2 is 1.70 bits per heavy atom. The zero-order valence-corrected chi connectivity index (χ0v) is 10.4. The van der Waals surface area contributed by atoms with Gasteiger partial charge >= 0.3 is 6.18 Å². The van der Waals surface area contributed by atoms with Crippen molar-refractivity contribution in [2.45, 2.75) is 12.6 Å². The Kier molecular flexibility index (Phi) is 3.79. The molecule has 0 aliphatic heterocycles. The van der Waals surface area contributed by atoms with Crippen LogP contribution < -0.4 is 5.73 Å².